The van der Waals surface area contributed by atoms with Gasteiger partial charge in [0, 0.05) is 11.1 Å². The molecule has 32 heavy (non-hydrogen) atoms. The van der Waals surface area contributed by atoms with Crippen LogP contribution in [0, 0.1) is 11.3 Å². The molecule has 0 spiro atoms. The number of benzene rings is 2. The molecule has 3 aromatic rings. The van der Waals surface area contributed by atoms with E-state index in [-0.39, 0.29) is 17.2 Å². The topological polar surface area (TPSA) is 93.9 Å². The molecule has 12 heteroatoms. The molecule has 2 aromatic carbocycles. The van der Waals surface area contributed by atoms with Crippen molar-refractivity contribution >= 4 is 12.2 Å². The van der Waals surface area contributed by atoms with Crippen LogP contribution in [0.4, 0.5) is 32.3 Å². The zero-order chi connectivity index (χ0) is 23.5. The van der Waals surface area contributed by atoms with Crippen LogP contribution in [0.5, 0.6) is 0 Å². The second-order valence-corrected chi connectivity index (χ2v) is 6.28. The highest BCUT2D eigenvalue weighted by atomic mass is 19.4. The lowest BCUT2D eigenvalue weighted by Gasteiger charge is -2.13. The number of H-pyrrole nitrogens is 1. The molecule has 6 nitrogen and oxygen atoms in total. The van der Waals surface area contributed by atoms with E-state index in [9.17, 15) is 36.4 Å². The molecule has 0 atom stereocenters. The molecule has 0 unspecified atom stereocenters. The van der Waals surface area contributed by atoms with Gasteiger partial charge in [0.15, 0.2) is 0 Å². The minimum absolute atomic E-state index is 0.00963. The lowest BCUT2D eigenvalue weighted by atomic mass is 10.0. The Morgan fingerprint density at radius 2 is 1.72 bits per heavy atom. The van der Waals surface area contributed by atoms with Crippen molar-refractivity contribution in [3.8, 4) is 17.3 Å². The Hall–Kier alpha value is -4.14. The zero-order valence-electron chi connectivity index (χ0n) is 15.7. The normalized spacial score (nSPS) is 12.0. The van der Waals surface area contributed by atoms with Gasteiger partial charge in [0.05, 0.1) is 23.0 Å². The number of hydrazone groups is 1. The van der Waals surface area contributed by atoms with E-state index in [0.717, 1.165) is 0 Å². The summed E-state index contributed by atoms with van der Waals surface area (Å²) < 4.78 is 78.1. The molecule has 0 amide bonds. The molecule has 0 aliphatic rings. The molecule has 2 N–H and O–H groups in total. The average molecular weight is 451 g/mol. The van der Waals surface area contributed by atoms with Gasteiger partial charge >= 0.3 is 12.4 Å². The van der Waals surface area contributed by atoms with E-state index in [4.69, 9.17) is 0 Å². The maximum atomic E-state index is 13.2. The predicted octanol–water partition coefficient (Wildman–Crippen LogP) is 4.79. The van der Waals surface area contributed by atoms with Crippen LogP contribution in [0.1, 0.15) is 22.3 Å². The fourth-order valence-corrected chi connectivity index (χ4v) is 2.70. The molecule has 0 bridgehead atoms. The number of halogens is 6. The maximum absolute atomic E-state index is 13.2. The van der Waals surface area contributed by atoms with Crippen LogP contribution >= 0.6 is 0 Å². The van der Waals surface area contributed by atoms with Gasteiger partial charge in [-0.25, -0.2) is 10.4 Å². The van der Waals surface area contributed by atoms with Crippen molar-refractivity contribution < 1.29 is 26.3 Å². The van der Waals surface area contributed by atoms with E-state index in [1.54, 1.807) is 36.4 Å². The van der Waals surface area contributed by atoms with Gasteiger partial charge < -0.3 is 0 Å². The molecule has 3 rings (SSSR count). The SMILES string of the molecule is N#Cc1c(-c2ccccc2)nc(NN=Cc2cc(C(F)(F)F)ccc2C(F)(F)F)[nH]c1=O. The number of hydrogen-bond acceptors (Lipinski definition) is 5. The van der Waals surface area contributed by atoms with Crippen molar-refractivity contribution in [1.29, 1.82) is 5.26 Å². The van der Waals surface area contributed by atoms with E-state index < -0.39 is 34.6 Å². The summed E-state index contributed by atoms with van der Waals surface area (Å²) in [6, 6.07) is 10.8. The van der Waals surface area contributed by atoms with Crippen molar-refractivity contribution in [2.45, 2.75) is 12.4 Å². The Morgan fingerprint density at radius 3 is 2.31 bits per heavy atom. The Kier molecular flexibility index (Phi) is 6.02. The number of anilines is 1. The average Bonchev–Trinajstić information content (AvgIpc) is 2.72. The molecule has 164 valence electrons. The second kappa shape index (κ2) is 8.54. The fourth-order valence-electron chi connectivity index (χ4n) is 2.70. The van der Waals surface area contributed by atoms with Crippen LogP contribution in [0.25, 0.3) is 11.3 Å². The third-order valence-corrected chi connectivity index (χ3v) is 4.14. The monoisotopic (exact) mass is 451 g/mol. The molecule has 0 aliphatic heterocycles. The van der Waals surface area contributed by atoms with Gasteiger partial charge in [0.25, 0.3) is 5.56 Å². The Bertz CT molecular complexity index is 1260. The quantitative estimate of drug-likeness (QED) is 0.339. The summed E-state index contributed by atoms with van der Waals surface area (Å²) in [5.41, 5.74) is -2.03. The van der Waals surface area contributed by atoms with E-state index in [2.05, 4.69) is 20.5 Å². The smallest absolute Gasteiger partial charge is 0.290 e. The Morgan fingerprint density at radius 1 is 1.03 bits per heavy atom. The number of aromatic nitrogens is 2. The van der Waals surface area contributed by atoms with E-state index in [0.29, 0.717) is 30.0 Å². The first-order chi connectivity index (χ1) is 15.0. The first-order valence-corrected chi connectivity index (χ1v) is 8.68. The minimum Gasteiger partial charge on any atom is -0.290 e. The number of nitrogens with zero attached hydrogens (tertiary/aromatic N) is 3. The third kappa shape index (κ3) is 4.94. The number of aromatic amines is 1. The van der Waals surface area contributed by atoms with Crippen LogP contribution in [-0.4, -0.2) is 16.2 Å². The Balaban J connectivity index is 1.98. The molecule has 0 aliphatic carbocycles. The molecular weight excluding hydrogens is 440 g/mol. The van der Waals surface area contributed by atoms with Crippen LogP contribution in [0.15, 0.2) is 58.4 Å². The lowest BCUT2D eigenvalue weighted by molar-refractivity contribution is -0.141. The number of nitriles is 1. The number of nitrogens with one attached hydrogen (secondary N) is 2. The van der Waals surface area contributed by atoms with E-state index in [1.165, 1.54) is 0 Å². The van der Waals surface area contributed by atoms with Crippen molar-refractivity contribution in [3.05, 3.63) is 81.1 Å². The summed E-state index contributed by atoms with van der Waals surface area (Å²) in [6.45, 7) is 0. The van der Waals surface area contributed by atoms with Gasteiger partial charge in [0.2, 0.25) is 5.95 Å². The molecule has 0 saturated heterocycles. The van der Waals surface area contributed by atoms with Gasteiger partial charge in [0.1, 0.15) is 11.6 Å². The first kappa shape index (κ1) is 22.5. The molecule has 0 radical (unpaired) electrons. The number of hydrogen-bond donors (Lipinski definition) is 2. The highest BCUT2D eigenvalue weighted by Crippen LogP contribution is 2.36. The van der Waals surface area contributed by atoms with Gasteiger partial charge in [-0.05, 0) is 18.2 Å². The summed E-state index contributed by atoms with van der Waals surface area (Å²) in [7, 11) is 0. The second-order valence-electron chi connectivity index (χ2n) is 6.28. The molecule has 1 heterocycles. The van der Waals surface area contributed by atoms with Crippen molar-refractivity contribution in [1.82, 2.24) is 9.97 Å². The highest BCUT2D eigenvalue weighted by molar-refractivity contribution is 5.83. The van der Waals surface area contributed by atoms with Crippen molar-refractivity contribution in [3.63, 3.8) is 0 Å². The highest BCUT2D eigenvalue weighted by Gasteiger charge is 2.36. The molecule has 0 saturated carbocycles. The molecule has 0 fully saturated rings. The number of alkyl halides is 6. The molecular formula is C20H11F6N5O. The summed E-state index contributed by atoms with van der Waals surface area (Å²) in [6.07, 6.45) is -9.25. The largest absolute Gasteiger partial charge is 0.417 e. The van der Waals surface area contributed by atoms with Gasteiger partial charge in [-0.15, -0.1) is 0 Å². The van der Waals surface area contributed by atoms with E-state index in [1.807, 2.05) is 0 Å². The minimum atomic E-state index is -4.92. The van der Waals surface area contributed by atoms with E-state index >= 15 is 0 Å². The van der Waals surface area contributed by atoms with Crippen LogP contribution in [-0.2, 0) is 12.4 Å². The van der Waals surface area contributed by atoms with Gasteiger partial charge in [-0.2, -0.15) is 36.7 Å². The third-order valence-electron chi connectivity index (χ3n) is 4.14. The Labute approximate surface area is 175 Å². The maximum Gasteiger partial charge on any atom is 0.417 e. The summed E-state index contributed by atoms with van der Waals surface area (Å²) >= 11 is 0. The van der Waals surface area contributed by atoms with Crippen LogP contribution < -0.4 is 11.0 Å². The zero-order valence-corrected chi connectivity index (χ0v) is 15.7. The van der Waals surface area contributed by atoms with Crippen LogP contribution in [0.3, 0.4) is 0 Å². The summed E-state index contributed by atoms with van der Waals surface area (Å²) in [5.74, 6) is -0.329. The standard InChI is InChI=1S/C20H11F6N5O/c21-19(22,23)13-6-7-15(20(24,25)26)12(8-13)10-28-31-18-29-16(11-4-2-1-3-5-11)14(9-27)17(32)30-18/h1-8,10H,(H2,29,30,31,32). The first-order valence-electron chi connectivity index (χ1n) is 8.68. The number of rotatable bonds is 4. The summed E-state index contributed by atoms with van der Waals surface area (Å²) in [4.78, 5) is 18.4. The van der Waals surface area contributed by atoms with Crippen molar-refractivity contribution in [2.24, 2.45) is 5.10 Å². The van der Waals surface area contributed by atoms with Crippen molar-refractivity contribution in [2.75, 3.05) is 5.43 Å². The fraction of sp³-hybridized carbons (Fsp3) is 0.100. The van der Waals surface area contributed by atoms with Gasteiger partial charge in [-0.3, -0.25) is 9.78 Å². The van der Waals surface area contributed by atoms with Crippen LogP contribution in [0.2, 0.25) is 0 Å². The summed E-state index contributed by atoms with van der Waals surface area (Å²) in [5, 5.41) is 12.7. The predicted molar refractivity (Wildman–Crippen MR) is 103 cm³/mol. The van der Waals surface area contributed by atoms with Gasteiger partial charge in [-0.1, -0.05) is 30.3 Å². The lowest BCUT2D eigenvalue weighted by Crippen LogP contribution is -2.16. The molecule has 1 aromatic heterocycles.